The maximum atomic E-state index is 14.1. The van der Waals surface area contributed by atoms with Crippen molar-refractivity contribution in [1.29, 1.82) is 5.41 Å². The summed E-state index contributed by atoms with van der Waals surface area (Å²) in [7, 11) is 0. The molecule has 1 aromatic carbocycles. The van der Waals surface area contributed by atoms with Gasteiger partial charge in [0.2, 0.25) is 0 Å². The number of hydrogen-bond donors (Lipinski definition) is 3. The minimum atomic E-state index is -0.364. The monoisotopic (exact) mass is 482 g/mol. The first-order chi connectivity index (χ1) is 17.5. The Kier molecular flexibility index (Phi) is 7.17. The van der Waals surface area contributed by atoms with Gasteiger partial charge in [-0.25, -0.2) is 9.37 Å². The SMILES string of the molecule is Cc1ccc(F)c(Nc2ccc(-c3c[nH]c4c3CC=C(CC(=N)C3CCCC(C)CC3)C=C4)cc2)n1. The van der Waals surface area contributed by atoms with Crippen molar-refractivity contribution in [2.75, 3.05) is 5.32 Å². The number of halogens is 1. The second kappa shape index (κ2) is 10.7. The van der Waals surface area contributed by atoms with E-state index in [0.29, 0.717) is 5.92 Å². The zero-order chi connectivity index (χ0) is 25.1. The summed E-state index contributed by atoms with van der Waals surface area (Å²) in [5.41, 5.74) is 8.37. The normalized spacial score (nSPS) is 19.7. The summed E-state index contributed by atoms with van der Waals surface area (Å²) in [5.74, 6) is 1.12. The molecule has 2 aliphatic carbocycles. The molecule has 4 nitrogen and oxygen atoms in total. The van der Waals surface area contributed by atoms with Gasteiger partial charge in [-0.15, -0.1) is 0 Å². The van der Waals surface area contributed by atoms with Crippen LogP contribution in [0.3, 0.4) is 0 Å². The van der Waals surface area contributed by atoms with Crippen molar-refractivity contribution in [2.24, 2.45) is 11.8 Å². The lowest BCUT2D eigenvalue weighted by atomic mass is 9.90. The van der Waals surface area contributed by atoms with Crippen molar-refractivity contribution < 1.29 is 4.39 Å². The fourth-order valence-corrected chi connectivity index (χ4v) is 5.42. The minimum Gasteiger partial charge on any atom is -0.361 e. The molecule has 3 aromatic rings. The van der Waals surface area contributed by atoms with Crippen LogP contribution in [0.15, 0.2) is 60.3 Å². The molecule has 1 fully saturated rings. The molecule has 0 bridgehead atoms. The standard InChI is InChI=1S/C31H35FN4/c1-20-4-3-5-24(10-6-20)29(33)18-22-8-15-26-27(19-34-30(26)17-9-22)23-11-13-25(14-12-23)36-31-28(32)16-7-21(2)35-31/h7-9,11-14,16-17,19-20,24,33-34H,3-6,10,15,18H2,1-2H3,(H,35,36). The number of H-pyrrole nitrogens is 1. The summed E-state index contributed by atoms with van der Waals surface area (Å²) in [5, 5.41) is 11.8. The molecule has 1 saturated carbocycles. The molecule has 0 saturated heterocycles. The van der Waals surface area contributed by atoms with Crippen molar-refractivity contribution in [1.82, 2.24) is 9.97 Å². The number of hydrogen-bond acceptors (Lipinski definition) is 3. The number of rotatable bonds is 6. The highest BCUT2D eigenvalue weighted by molar-refractivity contribution is 5.87. The van der Waals surface area contributed by atoms with Gasteiger partial charge in [0.25, 0.3) is 0 Å². The van der Waals surface area contributed by atoms with E-state index in [1.807, 2.05) is 19.1 Å². The van der Waals surface area contributed by atoms with Gasteiger partial charge in [-0.2, -0.15) is 0 Å². The van der Waals surface area contributed by atoms with E-state index in [4.69, 9.17) is 5.41 Å². The third-order valence-corrected chi connectivity index (χ3v) is 7.64. The fourth-order valence-electron chi connectivity index (χ4n) is 5.42. The van der Waals surface area contributed by atoms with E-state index in [1.165, 1.54) is 48.4 Å². The summed E-state index contributed by atoms with van der Waals surface area (Å²) in [6.07, 6.45) is 16.4. The number of anilines is 2. The highest BCUT2D eigenvalue weighted by atomic mass is 19.1. The average molecular weight is 483 g/mol. The van der Waals surface area contributed by atoms with Gasteiger partial charge in [0, 0.05) is 41.0 Å². The first-order valence-corrected chi connectivity index (χ1v) is 13.1. The Morgan fingerprint density at radius 3 is 2.75 bits per heavy atom. The molecule has 0 aliphatic heterocycles. The van der Waals surface area contributed by atoms with Crippen molar-refractivity contribution in [3.63, 3.8) is 0 Å². The number of nitrogens with one attached hydrogen (secondary N) is 3. The molecule has 2 unspecified atom stereocenters. The van der Waals surface area contributed by atoms with Crippen LogP contribution in [0.2, 0.25) is 0 Å². The van der Waals surface area contributed by atoms with Crippen LogP contribution in [-0.2, 0) is 6.42 Å². The van der Waals surface area contributed by atoms with E-state index >= 15 is 0 Å². The van der Waals surface area contributed by atoms with E-state index in [9.17, 15) is 4.39 Å². The Hall–Kier alpha value is -3.47. The number of fused-ring (bicyclic) bond motifs is 1. The predicted molar refractivity (Wildman–Crippen MR) is 147 cm³/mol. The van der Waals surface area contributed by atoms with Crippen LogP contribution in [0.5, 0.6) is 0 Å². The van der Waals surface area contributed by atoms with Gasteiger partial charge in [0.1, 0.15) is 0 Å². The molecule has 0 spiro atoms. The molecule has 186 valence electrons. The Morgan fingerprint density at radius 2 is 1.92 bits per heavy atom. The molecule has 0 amide bonds. The number of benzene rings is 1. The van der Waals surface area contributed by atoms with E-state index < -0.39 is 0 Å². The Balaban J connectivity index is 1.27. The van der Waals surface area contributed by atoms with Crippen molar-refractivity contribution in [3.05, 3.63) is 83.1 Å². The Labute approximate surface area is 213 Å². The molecular weight excluding hydrogens is 447 g/mol. The molecule has 5 heteroatoms. The molecule has 2 aromatic heterocycles. The first-order valence-electron chi connectivity index (χ1n) is 13.1. The first kappa shape index (κ1) is 24.2. The molecule has 36 heavy (non-hydrogen) atoms. The second-order valence-electron chi connectivity index (χ2n) is 10.4. The lowest BCUT2D eigenvalue weighted by molar-refractivity contribution is 0.498. The van der Waals surface area contributed by atoms with Gasteiger partial charge in [-0.1, -0.05) is 50.5 Å². The lowest BCUT2D eigenvalue weighted by Gasteiger charge is -2.16. The van der Waals surface area contributed by atoms with Gasteiger partial charge >= 0.3 is 0 Å². The van der Waals surface area contributed by atoms with Crippen LogP contribution in [0.25, 0.3) is 17.2 Å². The molecule has 2 aliphatic rings. The van der Waals surface area contributed by atoms with Crippen molar-refractivity contribution in [3.8, 4) is 11.1 Å². The van der Waals surface area contributed by atoms with Crippen LogP contribution in [0.4, 0.5) is 15.9 Å². The van der Waals surface area contributed by atoms with Crippen LogP contribution in [0, 0.1) is 30.0 Å². The minimum absolute atomic E-state index is 0.241. The summed E-state index contributed by atoms with van der Waals surface area (Å²) >= 11 is 0. The molecule has 2 atom stereocenters. The quantitative estimate of drug-likeness (QED) is 0.244. The Bertz CT molecular complexity index is 1300. The number of aryl methyl sites for hydroxylation is 1. The molecular formula is C31H35FN4. The summed E-state index contributed by atoms with van der Waals surface area (Å²) in [6.45, 7) is 4.19. The smallest absolute Gasteiger partial charge is 0.166 e. The van der Waals surface area contributed by atoms with Gasteiger partial charge in [-0.3, -0.25) is 0 Å². The van der Waals surface area contributed by atoms with E-state index in [-0.39, 0.29) is 11.6 Å². The molecule has 5 rings (SSSR count). The molecule has 3 N–H and O–H groups in total. The summed E-state index contributed by atoms with van der Waals surface area (Å²) in [6, 6.07) is 11.1. The summed E-state index contributed by atoms with van der Waals surface area (Å²) in [4.78, 5) is 7.69. The zero-order valence-electron chi connectivity index (χ0n) is 21.2. The number of allylic oxidation sites excluding steroid dienone is 3. The largest absolute Gasteiger partial charge is 0.361 e. The van der Waals surface area contributed by atoms with Gasteiger partial charge < -0.3 is 15.7 Å². The van der Waals surface area contributed by atoms with Gasteiger partial charge in [-0.05, 0) is 85.1 Å². The lowest BCUT2D eigenvalue weighted by Crippen LogP contribution is -2.13. The van der Waals surface area contributed by atoms with Crippen LogP contribution >= 0.6 is 0 Å². The number of pyridine rings is 1. The predicted octanol–water partition coefficient (Wildman–Crippen LogP) is 8.39. The van der Waals surface area contributed by atoms with Crippen LogP contribution in [-0.4, -0.2) is 15.7 Å². The molecule has 2 heterocycles. The van der Waals surface area contributed by atoms with Crippen molar-refractivity contribution >= 4 is 23.3 Å². The second-order valence-corrected chi connectivity index (χ2v) is 10.4. The Morgan fingerprint density at radius 1 is 1.08 bits per heavy atom. The van der Waals surface area contributed by atoms with Gasteiger partial charge in [0.15, 0.2) is 11.6 Å². The highest BCUT2D eigenvalue weighted by Crippen LogP contribution is 2.33. The fraction of sp³-hybridized carbons (Fsp3) is 0.355. The van der Waals surface area contributed by atoms with Crippen molar-refractivity contribution in [2.45, 2.75) is 58.8 Å². The zero-order valence-corrected chi connectivity index (χ0v) is 21.2. The van der Waals surface area contributed by atoms with E-state index in [1.54, 1.807) is 6.07 Å². The van der Waals surface area contributed by atoms with E-state index in [2.05, 4.69) is 58.8 Å². The summed E-state index contributed by atoms with van der Waals surface area (Å²) < 4.78 is 14.1. The number of nitrogens with zero attached hydrogens (tertiary/aromatic N) is 1. The maximum absolute atomic E-state index is 14.1. The topological polar surface area (TPSA) is 64.6 Å². The van der Waals surface area contributed by atoms with E-state index in [0.717, 1.165) is 53.5 Å². The van der Waals surface area contributed by atoms with Crippen LogP contribution in [0.1, 0.15) is 62.4 Å². The number of aromatic amines is 1. The molecule has 0 radical (unpaired) electrons. The third-order valence-electron chi connectivity index (χ3n) is 7.64. The van der Waals surface area contributed by atoms with Crippen LogP contribution < -0.4 is 5.32 Å². The maximum Gasteiger partial charge on any atom is 0.166 e. The number of aromatic nitrogens is 2. The highest BCUT2D eigenvalue weighted by Gasteiger charge is 2.21. The third kappa shape index (κ3) is 5.51. The average Bonchev–Trinajstić information content (AvgIpc) is 3.00. The van der Waals surface area contributed by atoms with Gasteiger partial charge in [0.05, 0.1) is 0 Å².